The van der Waals surface area contributed by atoms with Crippen molar-refractivity contribution in [3.05, 3.63) is 35.9 Å². The predicted molar refractivity (Wildman–Crippen MR) is 98.5 cm³/mol. The molecule has 0 atom stereocenters. The third-order valence-corrected chi connectivity index (χ3v) is 4.72. The number of hydrogen-bond donors (Lipinski definition) is 2. The highest BCUT2D eigenvalue weighted by Crippen LogP contribution is 2.35. The zero-order chi connectivity index (χ0) is 17.9. The van der Waals surface area contributed by atoms with Gasteiger partial charge in [0, 0.05) is 4.88 Å². The fourth-order valence-corrected chi connectivity index (χ4v) is 3.03. The number of aryl methyl sites for hydroxylation is 1. The van der Waals surface area contributed by atoms with Crippen LogP contribution in [0, 0.1) is 6.92 Å². The minimum Gasteiger partial charge on any atom is -0.497 e. The fourth-order valence-electron chi connectivity index (χ4n) is 1.81. The number of rotatable bonds is 3. The molecule has 128 valence electrons. The number of imide groups is 1. The Hall–Kier alpha value is -1.47. The SMILES string of the molecule is COc1ccc(-c2cc(C)c(NC(=O)NC(=O)C(Cl)(Cl)Cl)s2)cc1. The molecule has 9 heteroatoms. The van der Waals surface area contributed by atoms with E-state index in [1.54, 1.807) is 7.11 Å². The maximum absolute atomic E-state index is 11.8. The van der Waals surface area contributed by atoms with Crippen molar-refractivity contribution in [3.63, 3.8) is 0 Å². The largest absolute Gasteiger partial charge is 0.497 e. The number of nitrogens with one attached hydrogen (secondary N) is 2. The monoisotopic (exact) mass is 406 g/mol. The normalized spacial score (nSPS) is 11.0. The predicted octanol–water partition coefficient (Wildman–Crippen LogP) is 4.75. The first-order chi connectivity index (χ1) is 11.2. The van der Waals surface area contributed by atoms with Crippen LogP contribution in [0.15, 0.2) is 30.3 Å². The molecule has 0 saturated heterocycles. The summed E-state index contributed by atoms with van der Waals surface area (Å²) in [4.78, 5) is 24.2. The first-order valence-corrected chi connectivity index (χ1v) is 8.59. The highest BCUT2D eigenvalue weighted by molar-refractivity contribution is 7.19. The summed E-state index contributed by atoms with van der Waals surface area (Å²) in [6, 6.07) is 8.70. The molecule has 0 bridgehead atoms. The van der Waals surface area contributed by atoms with Crippen LogP contribution in [0.25, 0.3) is 10.4 Å². The van der Waals surface area contributed by atoms with E-state index in [9.17, 15) is 9.59 Å². The van der Waals surface area contributed by atoms with E-state index >= 15 is 0 Å². The quantitative estimate of drug-likeness (QED) is 0.721. The van der Waals surface area contributed by atoms with Crippen LogP contribution in [0.2, 0.25) is 0 Å². The van der Waals surface area contributed by atoms with Gasteiger partial charge in [0.15, 0.2) is 0 Å². The van der Waals surface area contributed by atoms with Crippen LogP contribution in [0.1, 0.15) is 5.56 Å². The van der Waals surface area contributed by atoms with E-state index in [4.69, 9.17) is 39.5 Å². The molecular weight excluding hydrogens is 395 g/mol. The van der Waals surface area contributed by atoms with Crippen LogP contribution in [0.4, 0.5) is 9.80 Å². The molecule has 0 saturated carbocycles. The van der Waals surface area contributed by atoms with Crippen LogP contribution in [0.5, 0.6) is 5.75 Å². The maximum atomic E-state index is 11.8. The molecule has 0 spiro atoms. The number of hydrogen-bond acceptors (Lipinski definition) is 4. The number of carbonyl (C=O) groups is 2. The van der Waals surface area contributed by atoms with E-state index in [0.29, 0.717) is 5.00 Å². The lowest BCUT2D eigenvalue weighted by Crippen LogP contribution is -2.41. The summed E-state index contributed by atoms with van der Waals surface area (Å²) in [6.45, 7) is 1.84. The number of urea groups is 1. The van der Waals surface area contributed by atoms with Gasteiger partial charge in [-0.2, -0.15) is 0 Å². The Morgan fingerprint density at radius 2 is 1.79 bits per heavy atom. The molecule has 1 aromatic carbocycles. The number of benzene rings is 1. The second kappa shape index (κ2) is 7.61. The number of carbonyl (C=O) groups excluding carboxylic acids is 2. The van der Waals surface area contributed by atoms with E-state index in [2.05, 4.69) is 5.32 Å². The second-order valence-corrected chi connectivity index (χ2v) is 8.09. The van der Waals surface area contributed by atoms with Gasteiger partial charge in [0.05, 0.1) is 12.1 Å². The third kappa shape index (κ3) is 4.77. The Balaban J connectivity index is 2.11. The van der Waals surface area contributed by atoms with Gasteiger partial charge in [-0.3, -0.25) is 15.4 Å². The number of methoxy groups -OCH3 is 1. The smallest absolute Gasteiger partial charge is 0.326 e. The van der Waals surface area contributed by atoms with Crippen molar-refractivity contribution in [2.24, 2.45) is 0 Å². The van der Waals surface area contributed by atoms with Gasteiger partial charge in [0.25, 0.3) is 9.70 Å². The van der Waals surface area contributed by atoms with E-state index in [0.717, 1.165) is 21.8 Å². The van der Waals surface area contributed by atoms with Crippen LogP contribution in [-0.2, 0) is 4.79 Å². The molecule has 3 amide bonds. The van der Waals surface area contributed by atoms with Crippen LogP contribution < -0.4 is 15.4 Å². The second-order valence-electron chi connectivity index (χ2n) is 4.76. The molecule has 0 unspecified atom stereocenters. The number of ether oxygens (including phenoxy) is 1. The summed E-state index contributed by atoms with van der Waals surface area (Å²) in [5.74, 6) is -0.260. The van der Waals surface area contributed by atoms with Crippen molar-refractivity contribution in [1.29, 1.82) is 0 Å². The third-order valence-electron chi connectivity index (χ3n) is 3.00. The van der Waals surface area contributed by atoms with Gasteiger partial charge in [-0.1, -0.05) is 34.8 Å². The molecule has 1 heterocycles. The van der Waals surface area contributed by atoms with Gasteiger partial charge in [-0.05, 0) is 48.4 Å². The Morgan fingerprint density at radius 3 is 2.33 bits per heavy atom. The van der Waals surface area contributed by atoms with Crippen molar-refractivity contribution in [3.8, 4) is 16.2 Å². The molecule has 0 radical (unpaired) electrons. The number of anilines is 1. The standard InChI is InChI=1S/C15H13Cl3N2O3S/c1-8-7-11(9-3-5-10(23-2)6-4-9)24-12(8)19-14(22)20-13(21)15(16,17)18/h3-7H,1-2H3,(H2,19,20,21,22). The summed E-state index contributed by atoms with van der Waals surface area (Å²) in [7, 11) is 1.60. The molecule has 0 aliphatic carbocycles. The number of halogens is 3. The number of alkyl halides is 3. The summed E-state index contributed by atoms with van der Waals surface area (Å²) in [6.07, 6.45) is 0. The molecule has 1 aromatic heterocycles. The van der Waals surface area contributed by atoms with Crippen molar-refractivity contribution in [2.75, 3.05) is 12.4 Å². The molecule has 24 heavy (non-hydrogen) atoms. The summed E-state index contributed by atoms with van der Waals surface area (Å²) < 4.78 is 2.93. The average Bonchev–Trinajstić information content (AvgIpc) is 2.87. The molecule has 2 aromatic rings. The summed E-state index contributed by atoms with van der Waals surface area (Å²) >= 11 is 17.6. The van der Waals surface area contributed by atoms with Gasteiger partial charge in [-0.25, -0.2) is 4.79 Å². The summed E-state index contributed by atoms with van der Waals surface area (Å²) in [5, 5.41) is 5.13. The Morgan fingerprint density at radius 1 is 1.17 bits per heavy atom. The average molecular weight is 408 g/mol. The molecule has 5 nitrogen and oxygen atoms in total. The van der Waals surface area contributed by atoms with E-state index < -0.39 is 15.7 Å². The Bertz CT molecular complexity index is 754. The molecule has 2 rings (SSSR count). The lowest BCUT2D eigenvalue weighted by molar-refractivity contribution is -0.119. The van der Waals surface area contributed by atoms with Crippen molar-refractivity contribution >= 4 is 63.1 Å². The minimum atomic E-state index is -2.20. The number of amides is 3. The molecule has 2 N–H and O–H groups in total. The number of thiophene rings is 1. The fraction of sp³-hybridized carbons (Fsp3) is 0.200. The highest BCUT2D eigenvalue weighted by atomic mass is 35.6. The van der Waals surface area contributed by atoms with Crippen molar-refractivity contribution in [2.45, 2.75) is 10.7 Å². The highest BCUT2D eigenvalue weighted by Gasteiger charge is 2.32. The topological polar surface area (TPSA) is 67.4 Å². The summed E-state index contributed by atoms with van der Waals surface area (Å²) in [5.41, 5.74) is 1.83. The molecule has 0 aliphatic rings. The van der Waals surface area contributed by atoms with E-state index in [-0.39, 0.29) is 0 Å². The molecule has 0 aliphatic heterocycles. The lowest BCUT2D eigenvalue weighted by Gasteiger charge is -2.10. The molecular formula is C15H13Cl3N2O3S. The van der Waals surface area contributed by atoms with Gasteiger partial charge >= 0.3 is 6.03 Å². The van der Waals surface area contributed by atoms with E-state index in [1.165, 1.54) is 11.3 Å². The van der Waals surface area contributed by atoms with Crippen LogP contribution in [-0.4, -0.2) is 22.8 Å². The minimum absolute atomic E-state index is 0.593. The van der Waals surface area contributed by atoms with Crippen LogP contribution >= 0.6 is 46.1 Å². The molecule has 0 fully saturated rings. The first-order valence-electron chi connectivity index (χ1n) is 6.64. The van der Waals surface area contributed by atoms with Crippen LogP contribution in [0.3, 0.4) is 0 Å². The lowest BCUT2D eigenvalue weighted by atomic mass is 10.1. The van der Waals surface area contributed by atoms with Crippen molar-refractivity contribution < 1.29 is 14.3 Å². The zero-order valence-electron chi connectivity index (χ0n) is 12.7. The Kier molecular flexibility index (Phi) is 5.98. The maximum Gasteiger partial charge on any atom is 0.326 e. The Labute approximate surface area is 157 Å². The van der Waals surface area contributed by atoms with Crippen molar-refractivity contribution in [1.82, 2.24) is 5.32 Å². The van der Waals surface area contributed by atoms with Gasteiger partial charge in [0.2, 0.25) is 0 Å². The zero-order valence-corrected chi connectivity index (χ0v) is 15.7. The van der Waals surface area contributed by atoms with Gasteiger partial charge < -0.3 is 4.74 Å². The van der Waals surface area contributed by atoms with Gasteiger partial charge in [-0.15, -0.1) is 11.3 Å². The first kappa shape index (κ1) is 18.9. The van der Waals surface area contributed by atoms with E-state index in [1.807, 2.05) is 42.6 Å². The van der Waals surface area contributed by atoms with Gasteiger partial charge in [0.1, 0.15) is 5.75 Å².